The quantitative estimate of drug-likeness (QED) is 0.465. The van der Waals surface area contributed by atoms with E-state index >= 15 is 0 Å². The molecule has 31 heavy (non-hydrogen) atoms. The number of hydrogen-bond donors (Lipinski definition) is 1. The van der Waals surface area contributed by atoms with E-state index in [0.29, 0.717) is 17.5 Å². The molecule has 0 saturated carbocycles. The Kier molecular flexibility index (Phi) is 5.79. The summed E-state index contributed by atoms with van der Waals surface area (Å²) in [4.78, 5) is 16.9. The number of ether oxygens (including phenoxy) is 1. The summed E-state index contributed by atoms with van der Waals surface area (Å²) in [5, 5.41) is 10.6. The minimum absolute atomic E-state index is 0.0936. The zero-order chi connectivity index (χ0) is 21.8. The van der Waals surface area contributed by atoms with E-state index in [1.165, 1.54) is 0 Å². The Balaban J connectivity index is 1.41. The molecular formula is C23H22N4O4. The van der Waals surface area contributed by atoms with Gasteiger partial charge in [-0.25, -0.2) is 0 Å². The van der Waals surface area contributed by atoms with Gasteiger partial charge in [0.2, 0.25) is 11.7 Å². The highest BCUT2D eigenvalue weighted by Gasteiger charge is 2.20. The maximum absolute atomic E-state index is 12.6. The Hall–Kier alpha value is -3.94. The molecule has 0 aliphatic carbocycles. The Morgan fingerprint density at radius 3 is 2.39 bits per heavy atom. The largest absolute Gasteiger partial charge is 0.491 e. The van der Waals surface area contributed by atoms with Crippen LogP contribution >= 0.6 is 0 Å². The highest BCUT2D eigenvalue weighted by Crippen LogP contribution is 2.24. The number of carbonyl (C=O) groups excluding carboxylic acids is 1. The van der Waals surface area contributed by atoms with Gasteiger partial charge in [0, 0.05) is 17.2 Å². The summed E-state index contributed by atoms with van der Waals surface area (Å²) in [7, 11) is 0. The van der Waals surface area contributed by atoms with Crippen LogP contribution in [0.25, 0.3) is 22.7 Å². The van der Waals surface area contributed by atoms with Gasteiger partial charge in [0.15, 0.2) is 11.5 Å². The zero-order valence-corrected chi connectivity index (χ0v) is 17.4. The van der Waals surface area contributed by atoms with Crippen molar-refractivity contribution >= 4 is 5.91 Å². The zero-order valence-electron chi connectivity index (χ0n) is 17.4. The van der Waals surface area contributed by atoms with Gasteiger partial charge in [0.05, 0.1) is 6.10 Å². The minimum Gasteiger partial charge on any atom is -0.491 e. The van der Waals surface area contributed by atoms with E-state index in [4.69, 9.17) is 13.8 Å². The molecule has 0 aliphatic heterocycles. The third-order valence-electron chi connectivity index (χ3n) is 4.45. The van der Waals surface area contributed by atoms with Crippen molar-refractivity contribution in [2.24, 2.45) is 0 Å². The van der Waals surface area contributed by atoms with Crippen LogP contribution in [0, 0.1) is 0 Å². The van der Waals surface area contributed by atoms with E-state index in [0.717, 1.165) is 16.9 Å². The van der Waals surface area contributed by atoms with Crippen LogP contribution in [0.1, 0.15) is 43.2 Å². The molecule has 8 nitrogen and oxygen atoms in total. The van der Waals surface area contributed by atoms with Crippen molar-refractivity contribution in [3.63, 3.8) is 0 Å². The number of rotatable bonds is 7. The van der Waals surface area contributed by atoms with Crippen LogP contribution in [-0.4, -0.2) is 27.3 Å². The molecule has 0 fully saturated rings. The van der Waals surface area contributed by atoms with Crippen molar-refractivity contribution in [3.05, 3.63) is 72.2 Å². The van der Waals surface area contributed by atoms with Crippen molar-refractivity contribution < 1.29 is 18.6 Å². The van der Waals surface area contributed by atoms with Gasteiger partial charge in [0.25, 0.3) is 5.91 Å². The summed E-state index contributed by atoms with van der Waals surface area (Å²) in [5.41, 5.74) is 1.79. The molecule has 8 heteroatoms. The number of nitrogens with one attached hydrogen (secondary N) is 1. The molecule has 0 spiro atoms. The lowest BCUT2D eigenvalue weighted by molar-refractivity contribution is 0.0923. The molecule has 0 radical (unpaired) electrons. The molecule has 4 rings (SSSR count). The van der Waals surface area contributed by atoms with Crippen molar-refractivity contribution in [1.82, 2.24) is 20.6 Å². The summed E-state index contributed by atoms with van der Waals surface area (Å²) in [6, 6.07) is 18.0. The molecule has 2 heterocycles. The van der Waals surface area contributed by atoms with E-state index < -0.39 is 11.9 Å². The smallest absolute Gasteiger partial charge is 0.274 e. The predicted molar refractivity (Wildman–Crippen MR) is 113 cm³/mol. The van der Waals surface area contributed by atoms with Crippen LogP contribution in [-0.2, 0) is 0 Å². The fraction of sp³-hybridized carbons (Fsp3) is 0.217. The second-order valence-electron chi connectivity index (χ2n) is 7.28. The fourth-order valence-corrected chi connectivity index (χ4v) is 2.94. The van der Waals surface area contributed by atoms with E-state index in [1.807, 2.05) is 68.4 Å². The van der Waals surface area contributed by atoms with E-state index in [-0.39, 0.29) is 11.8 Å². The molecule has 2 aromatic heterocycles. The fourth-order valence-electron chi connectivity index (χ4n) is 2.94. The average Bonchev–Trinajstić information content (AvgIpc) is 3.45. The number of nitrogens with zero attached hydrogens (tertiary/aromatic N) is 3. The van der Waals surface area contributed by atoms with Gasteiger partial charge in [-0.2, -0.15) is 4.98 Å². The van der Waals surface area contributed by atoms with Gasteiger partial charge in [-0.1, -0.05) is 40.6 Å². The second kappa shape index (κ2) is 8.83. The monoisotopic (exact) mass is 418 g/mol. The van der Waals surface area contributed by atoms with Crippen LogP contribution in [0.5, 0.6) is 5.75 Å². The summed E-state index contributed by atoms with van der Waals surface area (Å²) in [5.74, 6) is 1.61. The lowest BCUT2D eigenvalue weighted by atomic mass is 10.1. The first-order chi connectivity index (χ1) is 15.0. The number of aromatic nitrogens is 3. The van der Waals surface area contributed by atoms with Gasteiger partial charge in [-0.3, -0.25) is 4.79 Å². The van der Waals surface area contributed by atoms with Crippen molar-refractivity contribution in [2.75, 3.05) is 0 Å². The Morgan fingerprint density at radius 1 is 0.935 bits per heavy atom. The van der Waals surface area contributed by atoms with Crippen LogP contribution in [0.2, 0.25) is 0 Å². The third kappa shape index (κ3) is 4.80. The summed E-state index contributed by atoms with van der Waals surface area (Å²) < 4.78 is 16.3. The van der Waals surface area contributed by atoms with Crippen LogP contribution in [0.3, 0.4) is 0 Å². The van der Waals surface area contributed by atoms with E-state index in [9.17, 15) is 4.79 Å². The number of hydrogen-bond acceptors (Lipinski definition) is 7. The first-order valence-electron chi connectivity index (χ1n) is 9.93. The highest BCUT2D eigenvalue weighted by molar-refractivity contribution is 5.93. The molecular weight excluding hydrogens is 396 g/mol. The molecule has 4 aromatic rings. The Bertz CT molecular complexity index is 1150. The number of carbonyl (C=O) groups is 1. The maximum atomic E-state index is 12.6. The predicted octanol–water partition coefficient (Wildman–Crippen LogP) is 4.67. The molecule has 0 bridgehead atoms. The summed E-state index contributed by atoms with van der Waals surface area (Å²) in [6.45, 7) is 5.69. The first-order valence-corrected chi connectivity index (χ1v) is 9.93. The second-order valence-corrected chi connectivity index (χ2v) is 7.28. The normalized spacial score (nSPS) is 12.0. The minimum atomic E-state index is -0.495. The third-order valence-corrected chi connectivity index (χ3v) is 4.45. The average molecular weight is 418 g/mol. The Morgan fingerprint density at radius 2 is 1.68 bits per heavy atom. The molecule has 1 unspecified atom stereocenters. The van der Waals surface area contributed by atoms with Crippen LogP contribution < -0.4 is 10.1 Å². The van der Waals surface area contributed by atoms with Gasteiger partial charge >= 0.3 is 0 Å². The molecule has 158 valence electrons. The molecule has 1 amide bonds. The van der Waals surface area contributed by atoms with Crippen LogP contribution in [0.4, 0.5) is 0 Å². The number of benzene rings is 2. The molecule has 0 saturated heterocycles. The molecule has 0 aliphatic rings. The van der Waals surface area contributed by atoms with Gasteiger partial charge in [-0.05, 0) is 45.0 Å². The van der Waals surface area contributed by atoms with Crippen molar-refractivity contribution in [1.29, 1.82) is 0 Å². The van der Waals surface area contributed by atoms with Crippen LogP contribution in [0.15, 0.2) is 69.7 Å². The molecule has 2 aromatic carbocycles. The first kappa shape index (κ1) is 20.3. The van der Waals surface area contributed by atoms with Gasteiger partial charge in [-0.15, -0.1) is 0 Å². The molecule has 1 atom stereocenters. The maximum Gasteiger partial charge on any atom is 0.274 e. The Labute approximate surface area is 179 Å². The highest BCUT2D eigenvalue weighted by atomic mass is 16.5. The van der Waals surface area contributed by atoms with E-state index in [2.05, 4.69) is 20.6 Å². The SMILES string of the molecule is CC(C)Oc1ccc(-c2cc(C(=O)NC(C)c3nc(-c4ccccc4)no3)no2)cc1. The number of amides is 1. The van der Waals surface area contributed by atoms with Gasteiger partial charge in [0.1, 0.15) is 11.8 Å². The topological polar surface area (TPSA) is 103 Å². The van der Waals surface area contributed by atoms with Gasteiger partial charge < -0.3 is 19.1 Å². The molecule has 1 N–H and O–H groups in total. The summed E-state index contributed by atoms with van der Waals surface area (Å²) in [6.07, 6.45) is 0.0936. The standard InChI is InChI=1S/C23H22N4O4/c1-14(2)29-18-11-9-16(10-12-18)20-13-19(26-30-20)22(28)24-15(3)23-25-21(27-31-23)17-7-5-4-6-8-17/h4-15H,1-3H3,(H,24,28). The van der Waals surface area contributed by atoms with Crippen molar-refractivity contribution in [3.8, 4) is 28.5 Å². The lowest BCUT2D eigenvalue weighted by Crippen LogP contribution is -2.27. The van der Waals surface area contributed by atoms with E-state index in [1.54, 1.807) is 13.0 Å². The summed E-state index contributed by atoms with van der Waals surface area (Å²) >= 11 is 0. The van der Waals surface area contributed by atoms with Crippen molar-refractivity contribution in [2.45, 2.75) is 32.9 Å². The lowest BCUT2D eigenvalue weighted by Gasteiger charge is -2.09.